The first-order valence-electron chi connectivity index (χ1n) is 5.62. The molecule has 0 bridgehead atoms. The lowest BCUT2D eigenvalue weighted by atomic mass is 10.2. The molecule has 0 fully saturated rings. The fraction of sp³-hybridized carbons (Fsp3) is 0.0714. The highest BCUT2D eigenvalue weighted by atomic mass is 79.9. The molecule has 2 rings (SSSR count). The van der Waals surface area contributed by atoms with Crippen LogP contribution in [0.4, 0.5) is 5.69 Å². The predicted octanol–water partition coefficient (Wildman–Crippen LogP) is 3.19. The number of anilines is 1. The second-order valence-electron chi connectivity index (χ2n) is 3.78. The van der Waals surface area contributed by atoms with Gasteiger partial charge in [0.05, 0.1) is 6.61 Å². The van der Waals surface area contributed by atoms with Crippen molar-refractivity contribution in [1.82, 2.24) is 0 Å². The lowest BCUT2D eigenvalue weighted by Gasteiger charge is -2.06. The van der Waals surface area contributed by atoms with Crippen LogP contribution in [-0.2, 0) is 11.4 Å². The molecule has 0 aliphatic heterocycles. The Hall–Kier alpha value is -1.85. The number of hydrogen-bond donors (Lipinski definition) is 2. The van der Waals surface area contributed by atoms with Gasteiger partial charge in [-0.25, -0.2) is 0 Å². The summed E-state index contributed by atoms with van der Waals surface area (Å²) in [5, 5.41) is 11.9. The van der Waals surface area contributed by atoms with Crippen molar-refractivity contribution in [3.63, 3.8) is 0 Å². The van der Waals surface area contributed by atoms with Crippen molar-refractivity contribution >= 4 is 33.6 Å². The van der Waals surface area contributed by atoms with E-state index in [4.69, 9.17) is 9.52 Å². The van der Waals surface area contributed by atoms with Gasteiger partial charge < -0.3 is 14.8 Å². The van der Waals surface area contributed by atoms with Crippen molar-refractivity contribution in [2.24, 2.45) is 0 Å². The van der Waals surface area contributed by atoms with Crippen LogP contribution in [0.25, 0.3) is 6.08 Å². The number of hydrogen-bond acceptors (Lipinski definition) is 3. The summed E-state index contributed by atoms with van der Waals surface area (Å²) >= 11 is 3.18. The summed E-state index contributed by atoms with van der Waals surface area (Å²) in [6.07, 6.45) is 2.95. The second-order valence-corrected chi connectivity index (χ2v) is 4.56. The van der Waals surface area contributed by atoms with Crippen LogP contribution in [0, 0.1) is 0 Å². The number of benzene rings is 1. The first-order chi connectivity index (χ1) is 9.19. The van der Waals surface area contributed by atoms with Gasteiger partial charge in [-0.2, -0.15) is 0 Å². The van der Waals surface area contributed by atoms with E-state index in [1.54, 1.807) is 42.5 Å². The molecule has 1 heterocycles. The quantitative estimate of drug-likeness (QED) is 0.850. The topological polar surface area (TPSA) is 62.5 Å². The molecular formula is C14H12BrNO3. The number of aliphatic hydroxyl groups is 1. The maximum absolute atomic E-state index is 11.7. The number of carbonyl (C=O) groups excluding carboxylic acids is 1. The van der Waals surface area contributed by atoms with Crippen LogP contribution in [0.1, 0.15) is 11.3 Å². The Labute approximate surface area is 118 Å². The standard InChI is InChI=1S/C14H12BrNO3/c15-13-7-5-11(19-13)6-8-14(18)16-12-4-2-1-3-10(12)9-17/h1-8,17H,9H2,(H,16,18). The Morgan fingerprint density at radius 3 is 2.79 bits per heavy atom. The molecule has 0 unspecified atom stereocenters. The zero-order valence-corrected chi connectivity index (χ0v) is 11.6. The summed E-state index contributed by atoms with van der Waals surface area (Å²) in [7, 11) is 0. The molecule has 0 aliphatic carbocycles. The van der Waals surface area contributed by atoms with Crippen LogP contribution in [-0.4, -0.2) is 11.0 Å². The fourth-order valence-corrected chi connectivity index (χ4v) is 1.85. The van der Waals surface area contributed by atoms with E-state index in [1.165, 1.54) is 6.08 Å². The molecule has 0 spiro atoms. The molecule has 1 aromatic carbocycles. The largest absolute Gasteiger partial charge is 0.450 e. The SMILES string of the molecule is O=C(C=Cc1ccc(Br)o1)Nc1ccccc1CO. The van der Waals surface area contributed by atoms with E-state index < -0.39 is 0 Å². The van der Waals surface area contributed by atoms with Gasteiger partial charge in [0.25, 0.3) is 0 Å². The number of nitrogens with one attached hydrogen (secondary N) is 1. The Morgan fingerprint density at radius 1 is 1.32 bits per heavy atom. The molecule has 5 heteroatoms. The predicted molar refractivity (Wildman–Crippen MR) is 76.4 cm³/mol. The van der Waals surface area contributed by atoms with E-state index in [0.29, 0.717) is 21.7 Å². The maximum atomic E-state index is 11.7. The third-order valence-corrected chi connectivity index (χ3v) is 2.86. The van der Waals surface area contributed by atoms with E-state index in [1.807, 2.05) is 0 Å². The summed E-state index contributed by atoms with van der Waals surface area (Å²) in [6, 6.07) is 10.6. The molecule has 0 saturated carbocycles. The van der Waals surface area contributed by atoms with E-state index in [-0.39, 0.29) is 12.5 Å². The summed E-state index contributed by atoms with van der Waals surface area (Å²) in [6.45, 7) is -0.120. The highest BCUT2D eigenvalue weighted by Crippen LogP contribution is 2.16. The number of furan rings is 1. The number of amides is 1. The molecule has 19 heavy (non-hydrogen) atoms. The number of carbonyl (C=O) groups is 1. The van der Waals surface area contributed by atoms with Crippen LogP contribution in [0.15, 0.2) is 51.6 Å². The summed E-state index contributed by atoms with van der Waals surface area (Å²) in [4.78, 5) is 11.7. The van der Waals surface area contributed by atoms with Crippen LogP contribution < -0.4 is 5.32 Å². The first-order valence-corrected chi connectivity index (χ1v) is 6.41. The molecule has 0 aliphatic rings. The smallest absolute Gasteiger partial charge is 0.248 e. The van der Waals surface area contributed by atoms with Crippen LogP contribution in [0.5, 0.6) is 0 Å². The third-order valence-electron chi connectivity index (χ3n) is 2.44. The van der Waals surface area contributed by atoms with E-state index in [9.17, 15) is 4.79 Å². The van der Waals surface area contributed by atoms with Gasteiger partial charge in [0, 0.05) is 17.3 Å². The van der Waals surface area contributed by atoms with Gasteiger partial charge in [0.15, 0.2) is 4.67 Å². The number of para-hydroxylation sites is 1. The molecule has 4 nitrogen and oxygen atoms in total. The van der Waals surface area contributed by atoms with Gasteiger partial charge in [-0.3, -0.25) is 4.79 Å². The molecule has 1 aromatic heterocycles. The number of rotatable bonds is 4. The van der Waals surface area contributed by atoms with Crippen molar-refractivity contribution in [2.75, 3.05) is 5.32 Å². The normalized spacial score (nSPS) is 10.8. The molecule has 0 atom stereocenters. The van der Waals surface area contributed by atoms with Gasteiger partial charge in [-0.05, 0) is 40.2 Å². The van der Waals surface area contributed by atoms with Crippen LogP contribution in [0.2, 0.25) is 0 Å². The van der Waals surface area contributed by atoms with Crippen molar-refractivity contribution in [2.45, 2.75) is 6.61 Å². The average Bonchev–Trinajstić information content (AvgIpc) is 2.83. The second kappa shape index (κ2) is 6.36. The van der Waals surface area contributed by atoms with Crippen molar-refractivity contribution in [3.05, 3.63) is 58.5 Å². The molecule has 98 valence electrons. The monoisotopic (exact) mass is 321 g/mol. The zero-order chi connectivity index (χ0) is 13.7. The summed E-state index contributed by atoms with van der Waals surface area (Å²) in [5.74, 6) is 0.297. The Kier molecular flexibility index (Phi) is 4.54. The van der Waals surface area contributed by atoms with Gasteiger partial charge in [0.1, 0.15) is 5.76 Å². The van der Waals surface area contributed by atoms with E-state index in [2.05, 4.69) is 21.2 Å². The highest BCUT2D eigenvalue weighted by Gasteiger charge is 2.03. The molecule has 2 aromatic rings. The number of aliphatic hydroxyl groups excluding tert-OH is 1. The lowest BCUT2D eigenvalue weighted by molar-refractivity contribution is -0.111. The van der Waals surface area contributed by atoms with Crippen molar-refractivity contribution < 1.29 is 14.3 Å². The third kappa shape index (κ3) is 3.81. The van der Waals surface area contributed by atoms with Crippen LogP contribution >= 0.6 is 15.9 Å². The molecular weight excluding hydrogens is 310 g/mol. The molecule has 0 saturated heterocycles. The minimum atomic E-state index is -0.284. The lowest BCUT2D eigenvalue weighted by Crippen LogP contribution is -2.09. The maximum Gasteiger partial charge on any atom is 0.248 e. The zero-order valence-electron chi connectivity index (χ0n) is 9.97. The highest BCUT2D eigenvalue weighted by molar-refractivity contribution is 9.10. The Balaban J connectivity index is 2.03. The van der Waals surface area contributed by atoms with Gasteiger partial charge >= 0.3 is 0 Å². The van der Waals surface area contributed by atoms with Crippen molar-refractivity contribution in [3.8, 4) is 0 Å². The number of halogens is 1. The molecule has 2 N–H and O–H groups in total. The average molecular weight is 322 g/mol. The minimum Gasteiger partial charge on any atom is -0.450 e. The molecule has 0 radical (unpaired) electrons. The summed E-state index contributed by atoms with van der Waals surface area (Å²) < 4.78 is 5.85. The van der Waals surface area contributed by atoms with E-state index >= 15 is 0 Å². The fourth-order valence-electron chi connectivity index (χ4n) is 1.53. The summed E-state index contributed by atoms with van der Waals surface area (Å²) in [5.41, 5.74) is 1.27. The minimum absolute atomic E-state index is 0.120. The first kappa shape index (κ1) is 13.6. The van der Waals surface area contributed by atoms with Gasteiger partial charge in [-0.15, -0.1) is 0 Å². The van der Waals surface area contributed by atoms with Crippen molar-refractivity contribution in [1.29, 1.82) is 0 Å². The molecule has 1 amide bonds. The van der Waals surface area contributed by atoms with Gasteiger partial charge in [0.2, 0.25) is 5.91 Å². The van der Waals surface area contributed by atoms with Gasteiger partial charge in [-0.1, -0.05) is 18.2 Å². The van der Waals surface area contributed by atoms with E-state index in [0.717, 1.165) is 0 Å². The Bertz CT molecular complexity index is 604. The van der Waals surface area contributed by atoms with Crippen LogP contribution in [0.3, 0.4) is 0 Å². The Morgan fingerprint density at radius 2 is 2.11 bits per heavy atom.